The van der Waals surface area contributed by atoms with Crippen molar-refractivity contribution in [1.29, 1.82) is 0 Å². The molecule has 1 heterocycles. The molecule has 2 aromatic rings. The van der Waals surface area contributed by atoms with Crippen LogP contribution in [0.2, 0.25) is 18.1 Å². The van der Waals surface area contributed by atoms with Gasteiger partial charge in [-0.1, -0.05) is 20.8 Å². The van der Waals surface area contributed by atoms with Crippen LogP contribution in [0.25, 0.3) is 10.9 Å². The molecule has 0 radical (unpaired) electrons. The van der Waals surface area contributed by atoms with Crippen molar-refractivity contribution in [3.8, 4) is 5.75 Å². The third-order valence-electron chi connectivity index (χ3n) is 4.80. The molecule has 1 aromatic heterocycles. The first-order valence-corrected chi connectivity index (χ1v) is 10.5. The molecule has 0 bridgehead atoms. The summed E-state index contributed by atoms with van der Waals surface area (Å²) in [7, 11) is 0.113. The molecule has 0 spiro atoms. The number of halogens is 1. The summed E-state index contributed by atoms with van der Waals surface area (Å²) < 4.78 is 21.7. The third kappa shape index (κ3) is 3.06. The lowest BCUT2D eigenvalue weighted by Crippen LogP contribution is -2.41. The van der Waals surface area contributed by atoms with E-state index in [-0.39, 0.29) is 10.8 Å². The Labute approximate surface area is 132 Å². The fraction of sp³-hybridized carbons (Fsp3) is 0.529. The molecule has 2 rings (SSSR count). The topological polar surface area (TPSA) is 34.4 Å². The molecule has 0 atom stereocenters. The van der Waals surface area contributed by atoms with Crippen LogP contribution in [-0.2, 0) is 17.9 Å². The van der Waals surface area contributed by atoms with Gasteiger partial charge in [0.15, 0.2) is 19.9 Å². The Kier molecular flexibility index (Phi) is 4.41. The molecular weight excluding hydrogens is 297 g/mol. The van der Waals surface area contributed by atoms with Gasteiger partial charge in [-0.2, -0.15) is 0 Å². The molecule has 1 aromatic carbocycles. The highest BCUT2D eigenvalue weighted by molar-refractivity contribution is 6.74. The molecule has 5 heteroatoms. The van der Waals surface area contributed by atoms with E-state index < -0.39 is 14.1 Å². The van der Waals surface area contributed by atoms with Gasteiger partial charge in [-0.25, -0.2) is 4.39 Å². The number of hydrogen-bond donors (Lipinski definition) is 1. The second-order valence-electron chi connectivity index (χ2n) is 7.41. The summed E-state index contributed by atoms with van der Waals surface area (Å²) in [6, 6.07) is 3.00. The SMILES string of the molecule is Cn1cc(CCO[Si](C)(C)C(C)(C)C)c2c(O)c(F)ccc21. The van der Waals surface area contributed by atoms with E-state index in [0.29, 0.717) is 18.4 Å². The maximum absolute atomic E-state index is 13.6. The van der Waals surface area contributed by atoms with E-state index in [2.05, 4.69) is 33.9 Å². The normalized spacial score (nSPS) is 13.0. The van der Waals surface area contributed by atoms with E-state index in [4.69, 9.17) is 4.43 Å². The first-order chi connectivity index (χ1) is 10.0. The predicted octanol–water partition coefficient (Wildman–Crippen LogP) is 4.59. The minimum absolute atomic E-state index is 0.167. The van der Waals surface area contributed by atoms with Gasteiger partial charge in [-0.15, -0.1) is 0 Å². The Balaban J connectivity index is 2.21. The highest BCUT2D eigenvalue weighted by Crippen LogP contribution is 2.37. The Morgan fingerprint density at radius 3 is 2.50 bits per heavy atom. The number of benzene rings is 1. The highest BCUT2D eigenvalue weighted by Gasteiger charge is 2.36. The highest BCUT2D eigenvalue weighted by atomic mass is 28.4. The lowest BCUT2D eigenvalue weighted by atomic mass is 10.1. The number of aromatic hydroxyl groups is 1. The zero-order valence-corrected chi connectivity index (χ0v) is 15.3. The lowest BCUT2D eigenvalue weighted by Gasteiger charge is -2.36. The van der Waals surface area contributed by atoms with E-state index >= 15 is 0 Å². The van der Waals surface area contributed by atoms with Gasteiger partial charge in [0.2, 0.25) is 0 Å². The average Bonchev–Trinajstić information content (AvgIpc) is 2.69. The zero-order chi connectivity index (χ0) is 16.7. The fourth-order valence-electron chi connectivity index (χ4n) is 2.36. The van der Waals surface area contributed by atoms with Gasteiger partial charge in [0.25, 0.3) is 0 Å². The summed E-state index contributed by atoms with van der Waals surface area (Å²) >= 11 is 0. The summed E-state index contributed by atoms with van der Waals surface area (Å²) in [5.74, 6) is -0.842. The predicted molar refractivity (Wildman–Crippen MR) is 91.4 cm³/mol. The minimum atomic E-state index is -1.79. The van der Waals surface area contributed by atoms with Gasteiger partial charge in [0.05, 0.1) is 5.52 Å². The largest absolute Gasteiger partial charge is 0.504 e. The number of aryl methyl sites for hydroxylation is 1. The van der Waals surface area contributed by atoms with Crippen LogP contribution in [0.3, 0.4) is 0 Å². The molecule has 0 aliphatic rings. The third-order valence-corrected chi connectivity index (χ3v) is 9.34. The molecule has 0 saturated heterocycles. The van der Waals surface area contributed by atoms with Crippen molar-refractivity contribution in [3.63, 3.8) is 0 Å². The Bertz CT molecular complexity index is 686. The molecule has 0 amide bonds. The maximum atomic E-state index is 13.6. The van der Waals surface area contributed by atoms with Crippen molar-refractivity contribution < 1.29 is 13.9 Å². The van der Waals surface area contributed by atoms with Gasteiger partial charge in [0.1, 0.15) is 0 Å². The molecule has 122 valence electrons. The summed E-state index contributed by atoms with van der Waals surface area (Å²) in [5, 5.41) is 10.8. The van der Waals surface area contributed by atoms with Crippen molar-refractivity contribution in [2.24, 2.45) is 7.05 Å². The monoisotopic (exact) mass is 323 g/mol. The van der Waals surface area contributed by atoms with Crippen LogP contribution in [0, 0.1) is 5.82 Å². The Morgan fingerprint density at radius 1 is 1.27 bits per heavy atom. The standard InChI is InChI=1S/C17H26FNO2Si/c1-17(2,3)22(5,6)21-10-9-12-11-19(4)14-8-7-13(18)16(20)15(12)14/h7-8,11,20H,9-10H2,1-6H3. The van der Waals surface area contributed by atoms with E-state index in [1.807, 2.05) is 17.8 Å². The molecule has 0 aliphatic carbocycles. The van der Waals surface area contributed by atoms with Gasteiger partial charge in [0, 0.05) is 25.2 Å². The Hall–Kier alpha value is -1.33. The van der Waals surface area contributed by atoms with E-state index in [0.717, 1.165) is 11.1 Å². The Morgan fingerprint density at radius 2 is 1.91 bits per heavy atom. The molecule has 3 nitrogen and oxygen atoms in total. The van der Waals surface area contributed by atoms with E-state index in [1.165, 1.54) is 6.07 Å². The van der Waals surface area contributed by atoms with E-state index in [1.54, 1.807) is 6.07 Å². The number of hydrogen-bond acceptors (Lipinski definition) is 2. The van der Waals surface area contributed by atoms with Crippen LogP contribution in [0.15, 0.2) is 18.3 Å². The molecule has 0 unspecified atom stereocenters. The first kappa shape index (κ1) is 17.0. The molecule has 0 aliphatic heterocycles. The second kappa shape index (κ2) is 5.70. The first-order valence-electron chi connectivity index (χ1n) is 7.64. The van der Waals surface area contributed by atoms with Crippen LogP contribution in [0.5, 0.6) is 5.75 Å². The molecule has 1 N–H and O–H groups in total. The van der Waals surface area contributed by atoms with Crippen molar-refractivity contribution in [1.82, 2.24) is 4.57 Å². The number of nitrogens with zero attached hydrogens (tertiary/aromatic N) is 1. The smallest absolute Gasteiger partial charge is 0.191 e. The van der Waals surface area contributed by atoms with Crippen molar-refractivity contribution >= 4 is 19.2 Å². The van der Waals surface area contributed by atoms with Crippen molar-refractivity contribution in [2.45, 2.75) is 45.3 Å². The summed E-state index contributed by atoms with van der Waals surface area (Å²) in [4.78, 5) is 0. The average molecular weight is 323 g/mol. The van der Waals surface area contributed by atoms with Crippen molar-refractivity contribution in [3.05, 3.63) is 29.7 Å². The van der Waals surface area contributed by atoms with Crippen LogP contribution in [-0.4, -0.2) is 24.6 Å². The summed E-state index contributed by atoms with van der Waals surface area (Å²) in [6.07, 6.45) is 2.61. The summed E-state index contributed by atoms with van der Waals surface area (Å²) in [6.45, 7) is 11.6. The number of aromatic nitrogens is 1. The van der Waals surface area contributed by atoms with Crippen LogP contribution in [0.1, 0.15) is 26.3 Å². The number of phenols is 1. The molecule has 0 fully saturated rings. The molecule has 22 heavy (non-hydrogen) atoms. The van der Waals surface area contributed by atoms with Crippen LogP contribution < -0.4 is 0 Å². The number of fused-ring (bicyclic) bond motifs is 1. The van der Waals surface area contributed by atoms with E-state index in [9.17, 15) is 9.50 Å². The van der Waals surface area contributed by atoms with Crippen molar-refractivity contribution in [2.75, 3.05) is 6.61 Å². The molecule has 0 saturated carbocycles. The maximum Gasteiger partial charge on any atom is 0.191 e. The summed E-state index contributed by atoms with van der Waals surface area (Å²) in [5.41, 5.74) is 1.76. The van der Waals surface area contributed by atoms with Crippen LogP contribution >= 0.6 is 0 Å². The zero-order valence-electron chi connectivity index (χ0n) is 14.3. The minimum Gasteiger partial charge on any atom is -0.504 e. The van der Waals surface area contributed by atoms with Gasteiger partial charge in [-0.05, 0) is 42.2 Å². The van der Waals surface area contributed by atoms with Gasteiger partial charge >= 0.3 is 0 Å². The number of phenolic OH excluding ortho intramolecular Hbond substituents is 1. The fourth-order valence-corrected chi connectivity index (χ4v) is 3.40. The molecular formula is C17H26FNO2Si. The quantitative estimate of drug-likeness (QED) is 0.835. The second-order valence-corrected chi connectivity index (χ2v) is 12.2. The van der Waals surface area contributed by atoms with Gasteiger partial charge in [-0.3, -0.25) is 0 Å². The van der Waals surface area contributed by atoms with Crippen LogP contribution in [0.4, 0.5) is 4.39 Å². The van der Waals surface area contributed by atoms with Gasteiger partial charge < -0.3 is 14.1 Å². The number of rotatable bonds is 4. The lowest BCUT2D eigenvalue weighted by molar-refractivity contribution is 0.292.